The van der Waals surface area contributed by atoms with Crippen LogP contribution in [0.4, 0.5) is 5.69 Å². The van der Waals surface area contributed by atoms with E-state index in [2.05, 4.69) is 35.1 Å². The van der Waals surface area contributed by atoms with Gasteiger partial charge in [-0.25, -0.2) is 9.48 Å². The number of hydrogen-bond acceptors (Lipinski definition) is 8. The molecule has 11 heteroatoms. The molecule has 0 bridgehead atoms. The molecule has 0 unspecified atom stereocenters. The predicted octanol–water partition coefficient (Wildman–Crippen LogP) is 1.48. The second-order valence-corrected chi connectivity index (χ2v) is 8.41. The minimum Gasteiger partial charge on any atom is -0.467 e. The number of hydrogen-bond donors (Lipinski definition) is 1. The lowest BCUT2D eigenvalue weighted by Crippen LogP contribution is -2.46. The van der Waals surface area contributed by atoms with Gasteiger partial charge in [-0.15, -0.1) is 5.10 Å². The number of fused-ring (bicyclic) bond motifs is 1. The Bertz CT molecular complexity index is 1140. The minimum atomic E-state index is -0.712. The highest BCUT2D eigenvalue weighted by atomic mass is 35.5. The van der Waals surface area contributed by atoms with E-state index in [1.54, 1.807) is 13.1 Å². The van der Waals surface area contributed by atoms with Crippen molar-refractivity contribution in [3.8, 4) is 0 Å². The number of piperazine rings is 1. The number of benzene rings is 1. The minimum absolute atomic E-state index is 0.0127. The first kappa shape index (κ1) is 22.9. The first-order valence-corrected chi connectivity index (χ1v) is 11.1. The number of ether oxygens (including phenoxy) is 1. The number of amides is 1. The van der Waals surface area contributed by atoms with E-state index in [9.17, 15) is 9.59 Å². The molecule has 33 heavy (non-hydrogen) atoms. The normalized spacial score (nSPS) is 15.4. The maximum absolute atomic E-state index is 12.1. The summed E-state index contributed by atoms with van der Waals surface area (Å²) in [5.74, 6) is -0.825. The smallest absolute Gasteiger partial charge is 0.328 e. The molecule has 1 aromatic carbocycles. The second kappa shape index (κ2) is 10.1. The molecule has 1 fully saturated rings. The van der Waals surface area contributed by atoms with Crippen molar-refractivity contribution in [1.82, 2.24) is 30.2 Å². The van der Waals surface area contributed by atoms with Crippen molar-refractivity contribution in [3.63, 3.8) is 0 Å². The third kappa shape index (κ3) is 5.58. The Morgan fingerprint density at radius 2 is 2.00 bits per heavy atom. The van der Waals surface area contributed by atoms with Gasteiger partial charge in [-0.05, 0) is 31.2 Å². The summed E-state index contributed by atoms with van der Waals surface area (Å²) < 4.78 is 6.08. The van der Waals surface area contributed by atoms with Crippen molar-refractivity contribution in [2.75, 3.05) is 38.2 Å². The molecule has 0 radical (unpaired) electrons. The lowest BCUT2D eigenvalue weighted by Gasteiger charge is -2.36. The third-order valence-corrected chi connectivity index (χ3v) is 5.84. The summed E-state index contributed by atoms with van der Waals surface area (Å²) in [6, 6.07) is 7.13. The summed E-state index contributed by atoms with van der Waals surface area (Å²) in [4.78, 5) is 32.6. The molecule has 0 saturated carbocycles. The fourth-order valence-electron chi connectivity index (χ4n) is 3.92. The highest BCUT2D eigenvalue weighted by Crippen LogP contribution is 2.28. The van der Waals surface area contributed by atoms with Crippen LogP contribution in [-0.2, 0) is 27.4 Å². The van der Waals surface area contributed by atoms with Crippen LogP contribution in [-0.4, -0.2) is 76.1 Å². The van der Waals surface area contributed by atoms with Gasteiger partial charge in [0.2, 0.25) is 5.91 Å². The molecular weight excluding hydrogens is 446 g/mol. The Morgan fingerprint density at radius 3 is 2.76 bits per heavy atom. The zero-order valence-electron chi connectivity index (χ0n) is 18.6. The molecule has 0 aliphatic carbocycles. The molecule has 2 aromatic heterocycles. The number of methoxy groups -OCH3 is 1. The van der Waals surface area contributed by atoms with Gasteiger partial charge in [-0.3, -0.25) is 14.7 Å². The monoisotopic (exact) mass is 471 g/mol. The van der Waals surface area contributed by atoms with Crippen LogP contribution in [0.15, 0.2) is 36.7 Å². The van der Waals surface area contributed by atoms with Crippen molar-refractivity contribution in [2.45, 2.75) is 26.1 Å². The average Bonchev–Trinajstić information content (AvgIpc) is 3.24. The third-order valence-electron chi connectivity index (χ3n) is 5.60. The average molecular weight is 472 g/mol. The number of nitrogens with one attached hydrogen (secondary N) is 1. The maximum Gasteiger partial charge on any atom is 0.328 e. The highest BCUT2D eigenvalue weighted by Gasteiger charge is 2.21. The maximum atomic E-state index is 12.1. The van der Waals surface area contributed by atoms with E-state index in [1.807, 2.05) is 30.5 Å². The largest absolute Gasteiger partial charge is 0.467 e. The first-order chi connectivity index (χ1) is 15.9. The number of rotatable bonds is 7. The van der Waals surface area contributed by atoms with Gasteiger partial charge in [0.15, 0.2) is 0 Å². The van der Waals surface area contributed by atoms with Crippen LogP contribution in [0.2, 0.25) is 5.02 Å². The number of pyridine rings is 1. The van der Waals surface area contributed by atoms with Crippen LogP contribution >= 0.6 is 11.6 Å². The standard InChI is InChI=1S/C22H26ClN7O3/c1-15(22(32)33-2)25-21(31)14-30-13-17(26-27-30)12-28-7-9-29(10-8-28)20-5-6-24-19-11-16(23)3-4-18(19)20/h3-6,11,13,15H,7-10,12,14H2,1-2H3,(H,25,31)/t15-/m0/s1. The molecule has 1 atom stereocenters. The second-order valence-electron chi connectivity index (χ2n) is 7.97. The molecule has 1 aliphatic rings. The number of esters is 1. The highest BCUT2D eigenvalue weighted by molar-refractivity contribution is 6.31. The van der Waals surface area contributed by atoms with Crippen LogP contribution in [0.25, 0.3) is 10.9 Å². The zero-order valence-corrected chi connectivity index (χ0v) is 19.3. The fourth-order valence-corrected chi connectivity index (χ4v) is 4.08. The van der Waals surface area contributed by atoms with E-state index in [4.69, 9.17) is 11.6 Å². The quantitative estimate of drug-likeness (QED) is 0.516. The van der Waals surface area contributed by atoms with Crippen LogP contribution in [0.1, 0.15) is 12.6 Å². The number of nitrogens with zero attached hydrogens (tertiary/aromatic N) is 6. The van der Waals surface area contributed by atoms with Crippen molar-refractivity contribution in [3.05, 3.63) is 47.4 Å². The van der Waals surface area contributed by atoms with Gasteiger partial charge >= 0.3 is 5.97 Å². The predicted molar refractivity (Wildman–Crippen MR) is 124 cm³/mol. The van der Waals surface area contributed by atoms with E-state index in [1.165, 1.54) is 11.8 Å². The Balaban J connectivity index is 1.30. The van der Waals surface area contributed by atoms with Gasteiger partial charge in [-0.2, -0.15) is 0 Å². The number of halogens is 1. The SMILES string of the molecule is COC(=O)[C@H](C)NC(=O)Cn1cc(CN2CCN(c3ccnc4cc(Cl)ccc34)CC2)nn1. The molecular formula is C22H26ClN7O3. The van der Waals surface area contributed by atoms with Crippen molar-refractivity contribution >= 4 is 40.1 Å². The number of aromatic nitrogens is 4. The summed E-state index contributed by atoms with van der Waals surface area (Å²) in [6.45, 7) is 5.72. The van der Waals surface area contributed by atoms with E-state index in [0.717, 1.165) is 48.5 Å². The first-order valence-electron chi connectivity index (χ1n) is 10.7. The summed E-state index contributed by atoms with van der Waals surface area (Å²) in [6.07, 6.45) is 3.58. The van der Waals surface area contributed by atoms with E-state index < -0.39 is 12.0 Å². The van der Waals surface area contributed by atoms with Gasteiger partial charge in [0.25, 0.3) is 0 Å². The Hall–Kier alpha value is -3.24. The Labute approximate surface area is 196 Å². The van der Waals surface area contributed by atoms with Crippen LogP contribution in [0.3, 0.4) is 0 Å². The number of anilines is 1. The van der Waals surface area contributed by atoms with E-state index in [0.29, 0.717) is 11.6 Å². The molecule has 0 spiro atoms. The van der Waals surface area contributed by atoms with Gasteiger partial charge in [0.05, 0.1) is 24.5 Å². The zero-order chi connectivity index (χ0) is 23.4. The van der Waals surface area contributed by atoms with Crippen LogP contribution < -0.4 is 10.2 Å². The Kier molecular flexibility index (Phi) is 7.05. The molecule has 1 amide bonds. The summed E-state index contributed by atoms with van der Waals surface area (Å²) in [7, 11) is 1.28. The van der Waals surface area contributed by atoms with Crippen LogP contribution in [0, 0.1) is 0 Å². The molecule has 3 heterocycles. The lowest BCUT2D eigenvalue weighted by atomic mass is 10.1. The van der Waals surface area contributed by atoms with Crippen LogP contribution in [0.5, 0.6) is 0 Å². The van der Waals surface area contributed by atoms with E-state index in [-0.39, 0.29) is 12.5 Å². The number of carbonyl (C=O) groups excluding carboxylic acids is 2. The van der Waals surface area contributed by atoms with Gasteiger partial charge in [0.1, 0.15) is 12.6 Å². The van der Waals surface area contributed by atoms with Crippen molar-refractivity contribution in [2.24, 2.45) is 0 Å². The van der Waals surface area contributed by atoms with Crippen molar-refractivity contribution < 1.29 is 14.3 Å². The molecule has 4 rings (SSSR count). The molecule has 1 saturated heterocycles. The molecule has 3 aromatic rings. The topological polar surface area (TPSA) is 105 Å². The summed E-state index contributed by atoms with van der Waals surface area (Å²) in [5, 5.41) is 12.6. The lowest BCUT2D eigenvalue weighted by molar-refractivity contribution is -0.144. The van der Waals surface area contributed by atoms with Gasteiger partial charge in [0, 0.05) is 55.0 Å². The van der Waals surface area contributed by atoms with Gasteiger partial charge < -0.3 is 15.0 Å². The summed E-state index contributed by atoms with van der Waals surface area (Å²) >= 11 is 6.11. The number of carbonyl (C=O) groups is 2. The Morgan fingerprint density at radius 1 is 1.21 bits per heavy atom. The fraction of sp³-hybridized carbons (Fsp3) is 0.409. The molecule has 174 valence electrons. The van der Waals surface area contributed by atoms with E-state index >= 15 is 0 Å². The molecule has 1 N–H and O–H groups in total. The summed E-state index contributed by atoms with van der Waals surface area (Å²) in [5.41, 5.74) is 2.85. The van der Waals surface area contributed by atoms with Gasteiger partial charge in [-0.1, -0.05) is 16.8 Å². The molecule has 1 aliphatic heterocycles. The van der Waals surface area contributed by atoms with Crippen molar-refractivity contribution in [1.29, 1.82) is 0 Å². The molecule has 10 nitrogen and oxygen atoms in total.